The highest BCUT2D eigenvalue weighted by Gasteiger charge is 2.06. The lowest BCUT2D eigenvalue weighted by atomic mass is 10.2. The molecule has 0 aliphatic heterocycles. The average molecular weight is 389 g/mol. The van der Waals surface area contributed by atoms with Gasteiger partial charge in [0.25, 0.3) is 0 Å². The van der Waals surface area contributed by atoms with Crippen LogP contribution >= 0.6 is 23.4 Å². The summed E-state index contributed by atoms with van der Waals surface area (Å²) in [4.78, 5) is 20.3. The van der Waals surface area contributed by atoms with E-state index in [0.29, 0.717) is 23.9 Å². The summed E-state index contributed by atoms with van der Waals surface area (Å²) in [5.74, 6) is 1.58. The normalized spacial score (nSPS) is 10.5. The molecule has 134 valence electrons. The second-order valence-electron chi connectivity index (χ2n) is 5.33. The Bertz CT molecular complexity index is 858. The molecular weight excluding hydrogens is 372 g/mol. The number of hydrogen-bond acceptors (Lipinski definition) is 6. The van der Waals surface area contributed by atoms with Crippen LogP contribution in [0.2, 0.25) is 5.02 Å². The van der Waals surface area contributed by atoms with Gasteiger partial charge in [0.05, 0.1) is 18.6 Å². The minimum atomic E-state index is -0.0874. The summed E-state index contributed by atoms with van der Waals surface area (Å²) in [6.45, 7) is 0.936. The predicted molar refractivity (Wildman–Crippen MR) is 102 cm³/mol. The highest BCUT2D eigenvalue weighted by molar-refractivity contribution is 7.99. The smallest absolute Gasteiger partial charge is 0.230 e. The lowest BCUT2D eigenvalue weighted by Gasteiger charge is -2.08. The summed E-state index contributed by atoms with van der Waals surface area (Å²) in [6.07, 6.45) is 3.05. The van der Waals surface area contributed by atoms with Gasteiger partial charge in [0.1, 0.15) is 22.9 Å². The molecule has 26 heavy (non-hydrogen) atoms. The topological polar surface area (TPSA) is 80.0 Å². The number of carbonyl (C=O) groups excluding carboxylic acids is 1. The second kappa shape index (κ2) is 9.26. The van der Waals surface area contributed by atoms with Crippen LogP contribution < -0.4 is 10.6 Å². The minimum absolute atomic E-state index is 0.0874. The van der Waals surface area contributed by atoms with Crippen molar-refractivity contribution in [3.63, 3.8) is 0 Å². The molecule has 1 aromatic carbocycles. The van der Waals surface area contributed by atoms with E-state index in [-0.39, 0.29) is 11.7 Å². The maximum absolute atomic E-state index is 11.9. The van der Waals surface area contributed by atoms with E-state index in [0.717, 1.165) is 16.3 Å². The average Bonchev–Trinajstić information content (AvgIpc) is 3.18. The number of aromatic nitrogens is 2. The highest BCUT2D eigenvalue weighted by atomic mass is 35.5. The van der Waals surface area contributed by atoms with Crippen LogP contribution in [0.4, 0.5) is 5.82 Å². The Morgan fingerprint density at radius 3 is 2.85 bits per heavy atom. The summed E-state index contributed by atoms with van der Waals surface area (Å²) >= 11 is 7.49. The molecule has 6 nitrogen and oxygen atoms in total. The van der Waals surface area contributed by atoms with Crippen LogP contribution in [0.3, 0.4) is 0 Å². The van der Waals surface area contributed by atoms with E-state index in [1.807, 2.05) is 30.3 Å². The van der Waals surface area contributed by atoms with Crippen molar-refractivity contribution in [2.75, 3.05) is 11.1 Å². The summed E-state index contributed by atoms with van der Waals surface area (Å²) in [5.41, 5.74) is 0.985. The first kappa shape index (κ1) is 18.3. The van der Waals surface area contributed by atoms with Gasteiger partial charge in [-0.2, -0.15) is 0 Å². The molecule has 0 saturated carbocycles. The standard InChI is InChI=1S/C18H17ClN4O2S/c19-15-6-2-1-4-13(15)9-20-16-8-18(23-12-22-16)26-11-17(24)21-10-14-5-3-7-25-14/h1-8,12H,9-11H2,(H,21,24)(H,20,22,23). The molecule has 2 N–H and O–H groups in total. The zero-order chi connectivity index (χ0) is 18.2. The molecule has 2 aromatic heterocycles. The molecule has 1 amide bonds. The largest absolute Gasteiger partial charge is 0.467 e. The van der Waals surface area contributed by atoms with Gasteiger partial charge in [-0.15, -0.1) is 0 Å². The molecule has 0 unspecified atom stereocenters. The van der Waals surface area contributed by atoms with E-state index in [2.05, 4.69) is 20.6 Å². The molecule has 0 radical (unpaired) electrons. The molecular formula is C18H17ClN4O2S. The highest BCUT2D eigenvalue weighted by Crippen LogP contribution is 2.19. The van der Waals surface area contributed by atoms with E-state index in [1.54, 1.807) is 18.4 Å². The van der Waals surface area contributed by atoms with Gasteiger partial charge in [-0.05, 0) is 23.8 Å². The Balaban J connectivity index is 1.47. The number of nitrogens with one attached hydrogen (secondary N) is 2. The second-order valence-corrected chi connectivity index (χ2v) is 6.73. The molecule has 3 aromatic rings. The molecule has 8 heteroatoms. The Labute approximate surface area is 160 Å². The number of benzene rings is 1. The monoisotopic (exact) mass is 388 g/mol. The number of amides is 1. The number of hydrogen-bond donors (Lipinski definition) is 2. The van der Waals surface area contributed by atoms with Gasteiger partial charge in [0, 0.05) is 17.6 Å². The van der Waals surface area contributed by atoms with Crippen LogP contribution in [0.5, 0.6) is 0 Å². The van der Waals surface area contributed by atoms with Crippen molar-refractivity contribution in [3.05, 3.63) is 71.4 Å². The Morgan fingerprint density at radius 2 is 2.04 bits per heavy atom. The zero-order valence-corrected chi connectivity index (χ0v) is 15.4. The van der Waals surface area contributed by atoms with Crippen LogP contribution in [0.15, 0.2) is 64.5 Å². The van der Waals surface area contributed by atoms with Gasteiger partial charge in [0.15, 0.2) is 0 Å². The van der Waals surface area contributed by atoms with Crippen molar-refractivity contribution < 1.29 is 9.21 Å². The Hall–Kier alpha value is -2.51. The number of furan rings is 1. The fraction of sp³-hybridized carbons (Fsp3) is 0.167. The summed E-state index contributed by atoms with van der Waals surface area (Å²) < 4.78 is 5.17. The molecule has 3 rings (SSSR count). The van der Waals surface area contributed by atoms with Crippen LogP contribution in [0, 0.1) is 0 Å². The van der Waals surface area contributed by atoms with Crippen molar-refractivity contribution in [1.29, 1.82) is 0 Å². The van der Waals surface area contributed by atoms with E-state index < -0.39 is 0 Å². The third-order valence-electron chi connectivity index (χ3n) is 3.45. The Morgan fingerprint density at radius 1 is 1.15 bits per heavy atom. The third-order valence-corrected chi connectivity index (χ3v) is 4.75. The number of nitrogens with zero attached hydrogens (tertiary/aromatic N) is 2. The van der Waals surface area contributed by atoms with E-state index in [9.17, 15) is 4.79 Å². The maximum atomic E-state index is 11.9. The molecule has 2 heterocycles. The first-order valence-corrected chi connectivity index (χ1v) is 9.28. The molecule has 0 fully saturated rings. The molecule has 0 bridgehead atoms. The number of rotatable bonds is 8. The molecule has 0 atom stereocenters. The SMILES string of the molecule is O=C(CSc1cc(NCc2ccccc2Cl)ncn1)NCc1ccco1. The molecule has 0 spiro atoms. The van der Waals surface area contributed by atoms with Crippen molar-refractivity contribution in [1.82, 2.24) is 15.3 Å². The van der Waals surface area contributed by atoms with Gasteiger partial charge < -0.3 is 15.1 Å². The van der Waals surface area contributed by atoms with Crippen LogP contribution in [0.25, 0.3) is 0 Å². The fourth-order valence-electron chi connectivity index (χ4n) is 2.13. The van der Waals surface area contributed by atoms with Crippen molar-refractivity contribution in [2.24, 2.45) is 0 Å². The summed E-state index contributed by atoms with van der Waals surface area (Å²) in [7, 11) is 0. The zero-order valence-electron chi connectivity index (χ0n) is 13.8. The van der Waals surface area contributed by atoms with Gasteiger partial charge in [-0.25, -0.2) is 9.97 Å². The predicted octanol–water partition coefficient (Wildman–Crippen LogP) is 3.74. The van der Waals surface area contributed by atoms with E-state index in [1.165, 1.54) is 18.1 Å². The van der Waals surface area contributed by atoms with Crippen LogP contribution in [0.1, 0.15) is 11.3 Å². The summed E-state index contributed by atoms with van der Waals surface area (Å²) in [5, 5.41) is 7.43. The van der Waals surface area contributed by atoms with Crippen molar-refractivity contribution >= 4 is 35.1 Å². The Kier molecular flexibility index (Phi) is 6.51. The van der Waals surface area contributed by atoms with E-state index in [4.69, 9.17) is 16.0 Å². The fourth-order valence-corrected chi connectivity index (χ4v) is 3.03. The third kappa shape index (κ3) is 5.50. The molecule has 0 aliphatic rings. The number of anilines is 1. The van der Waals surface area contributed by atoms with Gasteiger partial charge in [-0.3, -0.25) is 4.79 Å². The lowest BCUT2D eigenvalue weighted by Crippen LogP contribution is -2.24. The number of carbonyl (C=O) groups is 1. The quantitative estimate of drug-likeness (QED) is 0.452. The van der Waals surface area contributed by atoms with Gasteiger partial charge in [0.2, 0.25) is 5.91 Å². The number of thioether (sulfide) groups is 1. The van der Waals surface area contributed by atoms with Gasteiger partial charge in [-0.1, -0.05) is 41.6 Å². The summed E-state index contributed by atoms with van der Waals surface area (Å²) in [6, 6.07) is 13.0. The van der Waals surface area contributed by atoms with Gasteiger partial charge >= 0.3 is 0 Å². The first-order chi connectivity index (χ1) is 12.7. The lowest BCUT2D eigenvalue weighted by molar-refractivity contribution is -0.118. The molecule has 0 aliphatic carbocycles. The molecule has 0 saturated heterocycles. The van der Waals surface area contributed by atoms with Crippen molar-refractivity contribution in [3.8, 4) is 0 Å². The van der Waals surface area contributed by atoms with E-state index >= 15 is 0 Å². The van der Waals surface area contributed by atoms with Crippen LogP contribution in [-0.4, -0.2) is 21.6 Å². The number of halogens is 1. The van der Waals surface area contributed by atoms with Crippen molar-refractivity contribution in [2.45, 2.75) is 18.1 Å². The minimum Gasteiger partial charge on any atom is -0.467 e. The van der Waals surface area contributed by atoms with Crippen LogP contribution in [-0.2, 0) is 17.9 Å². The maximum Gasteiger partial charge on any atom is 0.230 e. The first-order valence-electron chi connectivity index (χ1n) is 7.92.